The fourth-order valence-corrected chi connectivity index (χ4v) is 10.8. The highest BCUT2D eigenvalue weighted by atomic mass is 19.4. The lowest BCUT2D eigenvalue weighted by Crippen LogP contribution is -2.12. The molecule has 0 amide bonds. The van der Waals surface area contributed by atoms with Crippen LogP contribution in [0, 0.1) is 0 Å². The topological polar surface area (TPSA) is 56.7 Å². The van der Waals surface area contributed by atoms with Gasteiger partial charge < -0.3 is 4.90 Å². The highest BCUT2D eigenvalue weighted by Crippen LogP contribution is 2.46. The van der Waals surface area contributed by atoms with Gasteiger partial charge in [0.05, 0.1) is 69.1 Å². The minimum absolute atomic E-state index is 0.00924. The van der Waals surface area contributed by atoms with Crippen LogP contribution in [0.5, 0.6) is 0 Å². The summed E-state index contributed by atoms with van der Waals surface area (Å²) in [5.74, 6) is 0.290. The van der Waals surface area contributed by atoms with E-state index in [1.165, 1.54) is 86.5 Å². The maximum atomic E-state index is 14.3. The number of aromatic nitrogens is 6. The number of nitrogens with zero attached hydrogens (tertiary/aromatic N) is 7. The van der Waals surface area contributed by atoms with E-state index in [4.69, 9.17) is 0 Å². The van der Waals surface area contributed by atoms with Crippen molar-refractivity contribution in [1.82, 2.24) is 28.7 Å². The first-order valence-electron chi connectivity index (χ1n) is 27.8. The van der Waals surface area contributed by atoms with Gasteiger partial charge in [-0.1, -0.05) is 91.0 Å². The second-order valence-electron chi connectivity index (χ2n) is 21.3. The molecule has 0 spiro atoms. The van der Waals surface area contributed by atoms with Crippen molar-refractivity contribution in [3.63, 3.8) is 0 Å². The third kappa shape index (κ3) is 12.8. The van der Waals surface area contributed by atoms with Gasteiger partial charge in [0.2, 0.25) is 0 Å². The molecule has 0 saturated carbocycles. The zero-order valence-corrected chi connectivity index (χ0v) is 47.5. The van der Waals surface area contributed by atoms with Crippen molar-refractivity contribution < 1.29 is 79.0 Å². The van der Waals surface area contributed by atoms with E-state index in [2.05, 4.69) is 15.0 Å². The molecule has 0 atom stereocenters. The summed E-state index contributed by atoms with van der Waals surface area (Å²) in [5, 5.41) is 0. The van der Waals surface area contributed by atoms with Crippen LogP contribution in [0.3, 0.4) is 0 Å². The fraction of sp³-hybridized carbons (Fsp3) is 0.0870. The Morgan fingerprint density at radius 3 is 0.628 bits per heavy atom. The van der Waals surface area contributed by atoms with Gasteiger partial charge in [0.15, 0.2) is 0 Å². The first-order chi connectivity index (χ1) is 44.4. The number of halogens is 18. The molecule has 94 heavy (non-hydrogen) atoms. The SMILES string of the molecule is FC(F)(F)c1cc(-c2cnc(-c3ccccc3)n2-c2ccc(N(c3ccc(-n4c(-c5cc(C(F)(F)F)cc(C(F)(F)F)c5)cnc4-c4ccccc4)cc3)c3ccc(-n4c(-c5cc(C(F)(F)F)cc(C(F)(F)F)c5)cnc4-c4ccccc4)cc3)cc2)cc(C(F)(F)F)c1. The average Bonchev–Trinajstić information content (AvgIpc) is 1.50. The predicted molar refractivity (Wildman–Crippen MR) is 315 cm³/mol. The highest BCUT2D eigenvalue weighted by Gasteiger charge is 2.41. The molecule has 0 radical (unpaired) electrons. The molecule has 0 saturated heterocycles. The van der Waals surface area contributed by atoms with E-state index >= 15 is 0 Å². The Labute approximate surface area is 520 Å². The van der Waals surface area contributed by atoms with Gasteiger partial charge in [-0.25, -0.2) is 15.0 Å². The van der Waals surface area contributed by atoms with Crippen LogP contribution in [0.4, 0.5) is 96.1 Å². The molecule has 12 rings (SSSR count). The largest absolute Gasteiger partial charge is 0.416 e. The summed E-state index contributed by atoms with van der Waals surface area (Å²) in [6, 6.07) is 45.9. The average molecular weight is 1310 g/mol. The van der Waals surface area contributed by atoms with Crippen molar-refractivity contribution in [1.29, 1.82) is 0 Å². The standard InChI is InChI=1S/C69H39F18N7/c70-64(71,72)46-28-43(29-47(34-46)65(73,74)75)58-37-88-61(40-10-4-1-5-11-40)92(58)55-22-16-52(17-23-55)91(53-18-24-56(25-19-53)93-59(38-89-62(93)41-12-6-2-7-13-41)44-30-48(66(76,77)78)35-49(31-44)67(79,80)81)54-20-26-57(27-21-54)94-60(39-90-63(94)42-14-8-3-9-15-42)45-32-50(68(82,83)84)36-51(33-45)69(85,86)87/h1-39H. The maximum absolute atomic E-state index is 14.3. The van der Waals surface area contributed by atoms with Crippen LogP contribution in [0.2, 0.25) is 0 Å². The monoisotopic (exact) mass is 1310 g/mol. The molecular formula is C69H39F18N7. The van der Waals surface area contributed by atoms with Crippen molar-refractivity contribution in [3.8, 4) is 85.0 Å². The number of benzene rings is 9. The van der Waals surface area contributed by atoms with Crippen LogP contribution in [-0.2, 0) is 37.1 Å². The van der Waals surface area contributed by atoms with Crippen molar-refractivity contribution in [3.05, 3.63) is 270 Å². The van der Waals surface area contributed by atoms with Gasteiger partial charge >= 0.3 is 37.1 Å². The van der Waals surface area contributed by atoms with Crippen LogP contribution in [-0.4, -0.2) is 28.7 Å². The van der Waals surface area contributed by atoms with E-state index in [9.17, 15) is 79.0 Å². The smallest absolute Gasteiger partial charge is 0.310 e. The number of hydrogen-bond acceptors (Lipinski definition) is 4. The molecule has 0 unspecified atom stereocenters. The molecule has 0 aliphatic carbocycles. The fourth-order valence-electron chi connectivity index (χ4n) is 10.8. The summed E-state index contributed by atoms with van der Waals surface area (Å²) < 4.78 is 262. The van der Waals surface area contributed by atoms with E-state index < -0.39 is 87.1 Å². The Bertz CT molecular complexity index is 4140. The number of imidazole rings is 3. The Morgan fingerprint density at radius 1 is 0.234 bits per heavy atom. The summed E-state index contributed by atoms with van der Waals surface area (Å²) in [5.41, 5.74) is -9.07. The van der Waals surface area contributed by atoms with Crippen LogP contribution in [0.25, 0.3) is 85.0 Å². The second kappa shape index (κ2) is 23.7. The number of anilines is 3. The summed E-state index contributed by atoms with van der Waals surface area (Å²) in [7, 11) is 0. The maximum Gasteiger partial charge on any atom is 0.416 e. The molecule has 3 heterocycles. The zero-order chi connectivity index (χ0) is 66.9. The molecule has 0 N–H and O–H groups in total. The number of rotatable bonds is 12. The molecule has 7 nitrogen and oxygen atoms in total. The molecule has 0 fully saturated rings. The third-order valence-corrected chi connectivity index (χ3v) is 15.1. The Kier molecular flexibility index (Phi) is 15.9. The van der Waals surface area contributed by atoms with Gasteiger partial charge in [0, 0.05) is 67.5 Å². The first kappa shape index (κ1) is 63.3. The minimum atomic E-state index is -5.21. The second-order valence-corrected chi connectivity index (χ2v) is 21.3. The zero-order valence-electron chi connectivity index (χ0n) is 47.5. The van der Waals surface area contributed by atoms with Gasteiger partial charge in [-0.05, 0) is 127 Å². The van der Waals surface area contributed by atoms with Crippen LogP contribution >= 0.6 is 0 Å². The molecular weight excluding hydrogens is 1270 g/mol. The van der Waals surface area contributed by atoms with Gasteiger partial charge in [-0.2, -0.15) is 79.0 Å². The van der Waals surface area contributed by atoms with Crippen molar-refractivity contribution >= 4 is 17.1 Å². The van der Waals surface area contributed by atoms with Crippen LogP contribution < -0.4 is 4.90 Å². The molecule has 3 aromatic heterocycles. The molecule has 0 aliphatic rings. The van der Waals surface area contributed by atoms with Gasteiger partial charge in [0.1, 0.15) is 17.5 Å². The molecule has 12 aromatic rings. The van der Waals surface area contributed by atoms with E-state index in [-0.39, 0.29) is 86.9 Å². The van der Waals surface area contributed by atoms with Gasteiger partial charge in [-0.3, -0.25) is 13.7 Å². The molecule has 476 valence electrons. The lowest BCUT2D eigenvalue weighted by atomic mass is 10.0. The van der Waals surface area contributed by atoms with E-state index in [1.54, 1.807) is 95.9 Å². The van der Waals surface area contributed by atoms with Gasteiger partial charge in [-0.15, -0.1) is 0 Å². The normalized spacial score (nSPS) is 12.6. The summed E-state index contributed by atoms with van der Waals surface area (Å²) in [4.78, 5) is 15.0. The molecule has 0 bridgehead atoms. The number of alkyl halides is 18. The van der Waals surface area contributed by atoms with Gasteiger partial charge in [0.25, 0.3) is 0 Å². The van der Waals surface area contributed by atoms with Crippen molar-refractivity contribution in [2.75, 3.05) is 4.90 Å². The van der Waals surface area contributed by atoms with Crippen LogP contribution in [0.1, 0.15) is 33.4 Å². The first-order valence-corrected chi connectivity index (χ1v) is 27.8. The quantitative estimate of drug-likeness (QED) is 0.114. The summed E-state index contributed by atoms with van der Waals surface area (Å²) in [6.45, 7) is 0. The predicted octanol–water partition coefficient (Wildman–Crippen LogP) is 21.8. The van der Waals surface area contributed by atoms with Crippen molar-refractivity contribution in [2.24, 2.45) is 0 Å². The molecule has 25 heteroatoms. The van der Waals surface area contributed by atoms with Crippen molar-refractivity contribution in [2.45, 2.75) is 37.1 Å². The van der Waals surface area contributed by atoms with Crippen LogP contribution in [0.15, 0.2) is 237 Å². The van der Waals surface area contributed by atoms with E-state index in [0.29, 0.717) is 53.1 Å². The minimum Gasteiger partial charge on any atom is -0.310 e. The van der Waals surface area contributed by atoms with E-state index in [1.807, 2.05) is 0 Å². The third-order valence-electron chi connectivity index (χ3n) is 15.1. The Morgan fingerprint density at radius 2 is 0.436 bits per heavy atom. The lowest BCUT2D eigenvalue weighted by Gasteiger charge is -2.27. The Hall–Kier alpha value is -10.9. The lowest BCUT2D eigenvalue weighted by molar-refractivity contribution is -0.144. The highest BCUT2D eigenvalue weighted by molar-refractivity contribution is 5.81. The molecule has 0 aliphatic heterocycles. The van der Waals surface area contributed by atoms with E-state index in [0.717, 1.165) is 18.6 Å². The number of hydrogen-bond donors (Lipinski definition) is 0. The Balaban J connectivity index is 1.04. The molecule has 9 aromatic carbocycles. The summed E-state index contributed by atoms with van der Waals surface area (Å²) >= 11 is 0. The summed E-state index contributed by atoms with van der Waals surface area (Å²) in [6.07, 6.45) is -27.9.